The summed E-state index contributed by atoms with van der Waals surface area (Å²) < 4.78 is 64.5. The van der Waals surface area contributed by atoms with Gasteiger partial charge >= 0.3 is 18.0 Å². The van der Waals surface area contributed by atoms with Crippen molar-refractivity contribution in [3.63, 3.8) is 0 Å². The van der Waals surface area contributed by atoms with Gasteiger partial charge in [-0.2, -0.15) is 18.0 Å². The molecule has 0 N–H and O–H groups in total. The number of aromatic nitrogens is 1. The van der Waals surface area contributed by atoms with Crippen molar-refractivity contribution in [2.75, 3.05) is 13.1 Å². The van der Waals surface area contributed by atoms with Gasteiger partial charge in [0.2, 0.25) is 5.82 Å². The van der Waals surface area contributed by atoms with Crippen LogP contribution in [0.2, 0.25) is 0 Å². The van der Waals surface area contributed by atoms with Gasteiger partial charge in [0.15, 0.2) is 0 Å². The van der Waals surface area contributed by atoms with Crippen LogP contribution >= 0.6 is 0 Å². The summed E-state index contributed by atoms with van der Waals surface area (Å²) in [5.74, 6) is -11.2. The van der Waals surface area contributed by atoms with Gasteiger partial charge in [0.05, 0.1) is 4.73 Å². The van der Waals surface area contributed by atoms with E-state index < -0.39 is 40.2 Å². The van der Waals surface area contributed by atoms with Gasteiger partial charge < -0.3 is 4.90 Å². The first kappa shape index (κ1) is 14.5. The average Bonchev–Trinajstić information content (AvgIpc) is 2.48. The Kier molecular flexibility index (Phi) is 4.05. The maximum Gasteiger partial charge on any atom is 0.478 e. The summed E-state index contributed by atoms with van der Waals surface area (Å²) in [5.41, 5.74) is 0. The number of carbonyl (C=O) groups excluding carboxylic acids is 1. The van der Waals surface area contributed by atoms with Gasteiger partial charge in [-0.15, -0.1) is 8.78 Å². The first-order valence-corrected chi connectivity index (χ1v) is 5.84. The fraction of sp³-hybridized carbons (Fsp3) is 0.455. The monoisotopic (exact) mass is 297 g/mol. The van der Waals surface area contributed by atoms with Crippen LogP contribution in [-0.2, 0) is 0 Å². The number of carbonyl (C=O) groups is 1. The second kappa shape index (κ2) is 5.59. The number of likely N-dealkylation sites (tertiary alicyclic amines) is 1. The molecule has 110 valence electrons. The Morgan fingerprint density at radius 1 is 0.900 bits per heavy atom. The Morgan fingerprint density at radius 3 is 1.90 bits per heavy atom. The molecule has 1 saturated heterocycles. The van der Waals surface area contributed by atoms with E-state index in [9.17, 15) is 26.7 Å². The first-order chi connectivity index (χ1) is 9.43. The molecule has 1 fully saturated rings. The van der Waals surface area contributed by atoms with E-state index in [0.29, 0.717) is 25.9 Å². The van der Waals surface area contributed by atoms with Crippen LogP contribution in [0.3, 0.4) is 0 Å². The van der Waals surface area contributed by atoms with Gasteiger partial charge in [0, 0.05) is 13.1 Å². The molecule has 0 unspecified atom stereocenters. The van der Waals surface area contributed by atoms with Crippen molar-refractivity contribution in [1.29, 1.82) is 0 Å². The minimum Gasteiger partial charge on any atom is -0.303 e. The second-order valence-corrected chi connectivity index (χ2v) is 4.22. The number of piperidine rings is 1. The molecule has 1 aliphatic rings. The lowest BCUT2D eigenvalue weighted by molar-refractivity contribution is -0.911. The number of hydrogen-bond acceptors (Lipinski definition) is 2. The van der Waals surface area contributed by atoms with Crippen LogP contribution in [-0.4, -0.2) is 24.1 Å². The predicted molar refractivity (Wildman–Crippen MR) is 53.8 cm³/mol. The van der Waals surface area contributed by atoms with Crippen molar-refractivity contribution in [2.24, 2.45) is 0 Å². The molecule has 1 aliphatic heterocycles. The van der Waals surface area contributed by atoms with Crippen molar-refractivity contribution in [3.05, 3.63) is 29.3 Å². The van der Waals surface area contributed by atoms with E-state index in [2.05, 4.69) is 4.84 Å². The summed E-state index contributed by atoms with van der Waals surface area (Å²) >= 11 is 0. The maximum absolute atomic E-state index is 13.3. The smallest absolute Gasteiger partial charge is 0.303 e. The molecule has 4 nitrogen and oxygen atoms in total. The van der Waals surface area contributed by atoms with E-state index in [-0.39, 0.29) is 0 Å². The zero-order valence-corrected chi connectivity index (χ0v) is 10.1. The minimum absolute atomic E-state index is 0.300. The standard InChI is InChI=1S/C11H10F5N2O2/c12-6-7(13)9(15)18(10(16)8(6)14)20-11(19)17-4-2-1-3-5-17/h1-5H2/q+1. The lowest BCUT2D eigenvalue weighted by Crippen LogP contribution is -2.57. The number of amides is 1. The number of hydrogen-bond donors (Lipinski definition) is 0. The van der Waals surface area contributed by atoms with E-state index in [1.54, 1.807) is 0 Å². The lowest BCUT2D eigenvalue weighted by atomic mass is 10.1. The molecule has 0 atom stereocenters. The first-order valence-electron chi connectivity index (χ1n) is 5.84. The second-order valence-electron chi connectivity index (χ2n) is 4.22. The topological polar surface area (TPSA) is 33.4 Å². The number of nitrogens with zero attached hydrogens (tertiary/aromatic N) is 2. The van der Waals surface area contributed by atoms with Gasteiger partial charge in [0.25, 0.3) is 11.6 Å². The lowest BCUT2D eigenvalue weighted by Gasteiger charge is -2.23. The van der Waals surface area contributed by atoms with Crippen molar-refractivity contribution in [1.82, 2.24) is 4.90 Å². The summed E-state index contributed by atoms with van der Waals surface area (Å²) in [6.07, 6.45) is 1.07. The van der Waals surface area contributed by atoms with E-state index in [1.165, 1.54) is 0 Å². The number of rotatable bonds is 1. The molecule has 2 rings (SSSR count). The SMILES string of the molecule is O=C(O[n+]1c(F)c(F)c(F)c(F)c1F)N1CCCCC1. The zero-order valence-electron chi connectivity index (χ0n) is 10.1. The maximum atomic E-state index is 13.3. The van der Waals surface area contributed by atoms with Crippen molar-refractivity contribution >= 4 is 6.09 Å². The largest absolute Gasteiger partial charge is 0.478 e. The van der Waals surface area contributed by atoms with Crippen molar-refractivity contribution in [3.8, 4) is 0 Å². The average molecular weight is 297 g/mol. The molecule has 0 aromatic carbocycles. The summed E-state index contributed by atoms with van der Waals surface area (Å²) in [4.78, 5) is 17.0. The highest BCUT2D eigenvalue weighted by atomic mass is 19.2. The van der Waals surface area contributed by atoms with Crippen molar-refractivity contribution < 1.29 is 36.3 Å². The highest BCUT2D eigenvalue weighted by Crippen LogP contribution is 2.13. The molecule has 1 aromatic heterocycles. The molecule has 9 heteroatoms. The van der Waals surface area contributed by atoms with Crippen LogP contribution in [0.1, 0.15) is 19.3 Å². The Morgan fingerprint density at radius 2 is 1.40 bits per heavy atom. The Bertz CT molecular complexity index is 517. The molecule has 0 spiro atoms. The van der Waals surface area contributed by atoms with Gasteiger partial charge in [0.1, 0.15) is 0 Å². The van der Waals surface area contributed by atoms with Crippen LogP contribution in [0.25, 0.3) is 0 Å². The molecule has 0 bridgehead atoms. The van der Waals surface area contributed by atoms with Crippen LogP contribution < -0.4 is 9.57 Å². The molecule has 1 aromatic rings. The number of pyridine rings is 1. The third-order valence-electron chi connectivity index (χ3n) is 2.89. The molecule has 0 aliphatic carbocycles. The third kappa shape index (κ3) is 2.52. The van der Waals surface area contributed by atoms with Gasteiger partial charge in [-0.05, 0) is 19.3 Å². The zero-order chi connectivity index (χ0) is 14.9. The summed E-state index contributed by atoms with van der Waals surface area (Å²) in [6, 6.07) is 0. The summed E-state index contributed by atoms with van der Waals surface area (Å²) in [5, 5.41) is 0. The Balaban J connectivity index is 2.27. The van der Waals surface area contributed by atoms with Crippen LogP contribution in [0, 0.1) is 29.3 Å². The van der Waals surface area contributed by atoms with Crippen LogP contribution in [0.15, 0.2) is 0 Å². The highest BCUT2D eigenvalue weighted by molar-refractivity contribution is 5.67. The minimum atomic E-state index is -2.31. The molecular weight excluding hydrogens is 287 g/mol. The molecule has 0 radical (unpaired) electrons. The third-order valence-corrected chi connectivity index (χ3v) is 2.89. The van der Waals surface area contributed by atoms with E-state index in [0.717, 1.165) is 11.3 Å². The Labute approximate surface area is 110 Å². The molecule has 1 amide bonds. The van der Waals surface area contributed by atoms with E-state index in [4.69, 9.17) is 0 Å². The normalized spacial score (nSPS) is 15.3. The van der Waals surface area contributed by atoms with Crippen LogP contribution in [0.5, 0.6) is 0 Å². The van der Waals surface area contributed by atoms with E-state index >= 15 is 0 Å². The molecular formula is C11H10F5N2O2+. The summed E-state index contributed by atoms with van der Waals surface area (Å²) in [7, 11) is 0. The summed E-state index contributed by atoms with van der Waals surface area (Å²) in [6.45, 7) is 0.601. The van der Waals surface area contributed by atoms with Gasteiger partial charge in [-0.1, -0.05) is 0 Å². The van der Waals surface area contributed by atoms with Gasteiger partial charge in [-0.3, -0.25) is 0 Å². The predicted octanol–water partition coefficient (Wildman–Crippen LogP) is 1.70. The fourth-order valence-corrected chi connectivity index (χ4v) is 1.83. The van der Waals surface area contributed by atoms with Gasteiger partial charge in [-0.25, -0.2) is 4.79 Å². The molecule has 2 heterocycles. The van der Waals surface area contributed by atoms with Crippen LogP contribution in [0.4, 0.5) is 26.7 Å². The van der Waals surface area contributed by atoms with E-state index in [1.807, 2.05) is 0 Å². The Hall–Kier alpha value is -1.93. The fourth-order valence-electron chi connectivity index (χ4n) is 1.83. The highest BCUT2D eigenvalue weighted by Gasteiger charge is 2.38. The molecule has 0 saturated carbocycles. The number of halogens is 5. The van der Waals surface area contributed by atoms with Crippen molar-refractivity contribution in [2.45, 2.75) is 19.3 Å². The quantitative estimate of drug-likeness (QED) is 0.449. The molecule has 20 heavy (non-hydrogen) atoms.